The molecular formula is C16H24ClN3O2S2. The molecule has 0 saturated heterocycles. The lowest BCUT2D eigenvalue weighted by Crippen LogP contribution is -2.49. The van der Waals surface area contributed by atoms with E-state index in [9.17, 15) is 8.42 Å². The average molecular weight is 390 g/mol. The molecule has 24 heavy (non-hydrogen) atoms. The lowest BCUT2D eigenvalue weighted by atomic mass is 9.95. The number of benzene rings is 1. The monoisotopic (exact) mass is 389 g/mol. The second kappa shape index (κ2) is 8.40. The van der Waals surface area contributed by atoms with Crippen molar-refractivity contribution < 1.29 is 8.42 Å². The molecule has 3 N–H and O–H groups in total. The summed E-state index contributed by atoms with van der Waals surface area (Å²) in [6, 6.07) is 6.83. The van der Waals surface area contributed by atoms with Gasteiger partial charge in [-0.3, -0.25) is 0 Å². The Bertz CT molecular complexity index is 771. The Balaban J connectivity index is 0.00000288. The first-order valence-electron chi connectivity index (χ1n) is 7.61. The zero-order valence-corrected chi connectivity index (χ0v) is 16.5. The SMILES string of the molecule is CCC(N)(CC)CNS(=O)(=O)c1cccc(-c2nc(C)cs2)c1.Cl. The fraction of sp³-hybridized carbons (Fsp3) is 0.438. The Morgan fingerprint density at radius 1 is 1.29 bits per heavy atom. The minimum absolute atomic E-state index is 0. The summed E-state index contributed by atoms with van der Waals surface area (Å²) >= 11 is 1.50. The molecule has 0 radical (unpaired) electrons. The molecule has 0 fully saturated rings. The quantitative estimate of drug-likeness (QED) is 0.760. The molecule has 0 unspecified atom stereocenters. The Morgan fingerprint density at radius 2 is 1.96 bits per heavy atom. The molecule has 1 aromatic carbocycles. The Labute approximate surface area is 154 Å². The molecule has 0 amide bonds. The highest BCUT2D eigenvalue weighted by Crippen LogP contribution is 2.25. The average Bonchev–Trinajstić information content (AvgIpc) is 2.99. The molecule has 2 rings (SSSR count). The van der Waals surface area contributed by atoms with Gasteiger partial charge in [0.05, 0.1) is 4.90 Å². The molecular weight excluding hydrogens is 366 g/mol. The largest absolute Gasteiger partial charge is 0.324 e. The summed E-state index contributed by atoms with van der Waals surface area (Å²) < 4.78 is 27.7. The predicted octanol–water partition coefficient (Wildman–Crippen LogP) is 3.34. The van der Waals surface area contributed by atoms with Crippen LogP contribution in [0.1, 0.15) is 32.4 Å². The van der Waals surface area contributed by atoms with E-state index in [1.54, 1.807) is 18.2 Å². The van der Waals surface area contributed by atoms with Gasteiger partial charge in [0.25, 0.3) is 0 Å². The van der Waals surface area contributed by atoms with Crippen molar-refractivity contribution in [2.45, 2.75) is 44.0 Å². The highest BCUT2D eigenvalue weighted by Gasteiger charge is 2.24. The van der Waals surface area contributed by atoms with Gasteiger partial charge >= 0.3 is 0 Å². The third kappa shape index (κ3) is 5.00. The summed E-state index contributed by atoms with van der Waals surface area (Å²) in [6.07, 6.45) is 1.43. The zero-order chi connectivity index (χ0) is 17.1. The second-order valence-corrected chi connectivity index (χ2v) is 8.34. The number of nitrogens with two attached hydrogens (primary N) is 1. The number of hydrogen-bond acceptors (Lipinski definition) is 5. The molecule has 0 atom stereocenters. The lowest BCUT2D eigenvalue weighted by Gasteiger charge is -2.26. The van der Waals surface area contributed by atoms with E-state index in [0.717, 1.165) is 16.3 Å². The van der Waals surface area contributed by atoms with Crippen molar-refractivity contribution in [2.24, 2.45) is 5.73 Å². The first-order valence-corrected chi connectivity index (χ1v) is 9.97. The van der Waals surface area contributed by atoms with Gasteiger partial charge in [-0.05, 0) is 31.9 Å². The lowest BCUT2D eigenvalue weighted by molar-refractivity contribution is 0.392. The molecule has 0 aliphatic heterocycles. The minimum Gasteiger partial charge on any atom is -0.324 e. The number of sulfonamides is 1. The van der Waals surface area contributed by atoms with Gasteiger partial charge < -0.3 is 5.73 Å². The second-order valence-electron chi connectivity index (χ2n) is 5.72. The normalized spacial score (nSPS) is 12.0. The van der Waals surface area contributed by atoms with Crippen molar-refractivity contribution in [3.8, 4) is 10.6 Å². The summed E-state index contributed by atoms with van der Waals surface area (Å²) in [6.45, 7) is 6.06. The molecule has 8 heteroatoms. The number of hydrogen-bond donors (Lipinski definition) is 2. The molecule has 0 aliphatic carbocycles. The van der Waals surface area contributed by atoms with Gasteiger partial charge in [-0.15, -0.1) is 23.7 Å². The van der Waals surface area contributed by atoms with E-state index in [-0.39, 0.29) is 23.8 Å². The van der Waals surface area contributed by atoms with Gasteiger partial charge in [0.1, 0.15) is 5.01 Å². The number of thiazole rings is 1. The summed E-state index contributed by atoms with van der Waals surface area (Å²) in [5.41, 5.74) is 7.38. The maximum absolute atomic E-state index is 12.5. The van der Waals surface area contributed by atoms with Crippen LogP contribution in [-0.4, -0.2) is 25.5 Å². The Morgan fingerprint density at radius 3 is 2.50 bits per heavy atom. The summed E-state index contributed by atoms with van der Waals surface area (Å²) in [5.74, 6) is 0. The van der Waals surface area contributed by atoms with E-state index in [4.69, 9.17) is 5.73 Å². The molecule has 0 aliphatic rings. The van der Waals surface area contributed by atoms with Crippen LogP contribution in [0.25, 0.3) is 10.6 Å². The van der Waals surface area contributed by atoms with Crippen LogP contribution in [0.2, 0.25) is 0 Å². The van der Waals surface area contributed by atoms with Gasteiger partial charge in [0.2, 0.25) is 10.0 Å². The predicted molar refractivity (Wildman–Crippen MR) is 102 cm³/mol. The third-order valence-corrected chi connectivity index (χ3v) is 6.44. The third-order valence-electron chi connectivity index (χ3n) is 4.03. The van der Waals surface area contributed by atoms with E-state index in [1.165, 1.54) is 11.3 Å². The maximum Gasteiger partial charge on any atom is 0.240 e. The van der Waals surface area contributed by atoms with Crippen molar-refractivity contribution in [3.63, 3.8) is 0 Å². The van der Waals surface area contributed by atoms with Gasteiger partial charge in [0.15, 0.2) is 0 Å². The summed E-state index contributed by atoms with van der Waals surface area (Å²) in [4.78, 5) is 4.63. The van der Waals surface area contributed by atoms with Gasteiger partial charge in [0, 0.05) is 28.7 Å². The minimum atomic E-state index is -3.59. The number of aryl methyl sites for hydroxylation is 1. The highest BCUT2D eigenvalue weighted by molar-refractivity contribution is 7.89. The van der Waals surface area contributed by atoms with Crippen LogP contribution in [0, 0.1) is 6.92 Å². The van der Waals surface area contributed by atoms with Crippen LogP contribution in [-0.2, 0) is 10.0 Å². The maximum atomic E-state index is 12.5. The van der Waals surface area contributed by atoms with Gasteiger partial charge in [-0.1, -0.05) is 26.0 Å². The zero-order valence-electron chi connectivity index (χ0n) is 14.1. The summed E-state index contributed by atoms with van der Waals surface area (Å²) in [7, 11) is -3.59. The molecule has 0 bridgehead atoms. The van der Waals surface area contributed by atoms with E-state index in [1.807, 2.05) is 32.2 Å². The molecule has 0 saturated carbocycles. The molecule has 134 valence electrons. The number of halogens is 1. The van der Waals surface area contributed by atoms with Crippen molar-refractivity contribution in [2.75, 3.05) is 6.54 Å². The number of nitrogens with one attached hydrogen (secondary N) is 1. The van der Waals surface area contributed by atoms with E-state index in [0.29, 0.717) is 12.8 Å². The first-order chi connectivity index (χ1) is 10.8. The summed E-state index contributed by atoms with van der Waals surface area (Å²) in [5, 5.41) is 2.76. The fourth-order valence-electron chi connectivity index (χ4n) is 2.10. The van der Waals surface area contributed by atoms with E-state index in [2.05, 4.69) is 9.71 Å². The first kappa shape index (κ1) is 21.1. The Kier molecular flexibility index (Phi) is 7.37. The van der Waals surface area contributed by atoms with Crippen LogP contribution in [0.4, 0.5) is 0 Å². The van der Waals surface area contributed by atoms with Crippen LogP contribution in [0.5, 0.6) is 0 Å². The standard InChI is InChI=1S/C16H23N3O2S2.ClH/c1-4-16(17,5-2)11-18-23(20,21)14-8-6-7-13(9-14)15-19-12(3)10-22-15;/h6-10,18H,4-5,11,17H2,1-3H3;1H. The molecule has 1 aromatic heterocycles. The van der Waals surface area contributed by atoms with Gasteiger partial charge in [-0.25, -0.2) is 18.1 Å². The van der Waals surface area contributed by atoms with Crippen molar-refractivity contribution >= 4 is 33.8 Å². The molecule has 5 nitrogen and oxygen atoms in total. The smallest absolute Gasteiger partial charge is 0.240 e. The number of nitrogens with zero attached hydrogens (tertiary/aromatic N) is 1. The number of rotatable bonds is 7. The molecule has 0 spiro atoms. The van der Waals surface area contributed by atoms with Crippen molar-refractivity contribution in [1.82, 2.24) is 9.71 Å². The highest BCUT2D eigenvalue weighted by atomic mass is 35.5. The molecule has 2 aromatic rings. The van der Waals surface area contributed by atoms with Crippen molar-refractivity contribution in [3.05, 3.63) is 35.3 Å². The van der Waals surface area contributed by atoms with E-state index < -0.39 is 15.6 Å². The molecule has 1 heterocycles. The Hall–Kier alpha value is -0.990. The van der Waals surface area contributed by atoms with Crippen LogP contribution in [0.3, 0.4) is 0 Å². The van der Waals surface area contributed by atoms with Crippen LogP contribution >= 0.6 is 23.7 Å². The number of aromatic nitrogens is 1. The fourth-order valence-corrected chi connectivity index (χ4v) is 4.08. The topological polar surface area (TPSA) is 85.1 Å². The van der Waals surface area contributed by atoms with E-state index >= 15 is 0 Å². The van der Waals surface area contributed by atoms with Crippen LogP contribution < -0.4 is 10.5 Å². The van der Waals surface area contributed by atoms with Gasteiger partial charge in [-0.2, -0.15) is 0 Å². The van der Waals surface area contributed by atoms with Crippen molar-refractivity contribution in [1.29, 1.82) is 0 Å². The van der Waals surface area contributed by atoms with Crippen LogP contribution in [0.15, 0.2) is 34.5 Å².